The van der Waals surface area contributed by atoms with Gasteiger partial charge in [0, 0.05) is 36.6 Å². The van der Waals surface area contributed by atoms with Gasteiger partial charge in [0.25, 0.3) is 0 Å². The second kappa shape index (κ2) is 18.6. The molecule has 0 saturated heterocycles. The van der Waals surface area contributed by atoms with Crippen LogP contribution in [0.25, 0.3) is 0 Å². The summed E-state index contributed by atoms with van der Waals surface area (Å²) in [5, 5.41) is 0. The highest BCUT2D eigenvalue weighted by Crippen LogP contribution is 2.27. The summed E-state index contributed by atoms with van der Waals surface area (Å²) in [4.78, 5) is 0. The second-order valence-electron chi connectivity index (χ2n) is 9.82. The van der Waals surface area contributed by atoms with Gasteiger partial charge in [0.15, 0.2) is 0 Å². The summed E-state index contributed by atoms with van der Waals surface area (Å²) in [5.74, 6) is 0. The third-order valence-electron chi connectivity index (χ3n) is 6.14. The van der Waals surface area contributed by atoms with Gasteiger partial charge in [-0.05, 0) is 86.6 Å². The highest BCUT2D eigenvalue weighted by Gasteiger charge is 2.55. The first-order chi connectivity index (χ1) is 16.8. The zero-order chi connectivity index (χ0) is 27.9. The Hall–Kier alpha value is 0.331. The molecule has 0 aliphatic heterocycles. The van der Waals surface area contributed by atoms with Crippen molar-refractivity contribution in [3.05, 3.63) is 0 Å². The van der Waals surface area contributed by atoms with Crippen molar-refractivity contribution in [1.29, 1.82) is 0 Å². The van der Waals surface area contributed by atoms with E-state index in [-0.39, 0.29) is 36.6 Å². The van der Waals surface area contributed by atoms with Gasteiger partial charge in [0.1, 0.15) is 0 Å². The topological polar surface area (TPSA) is 73.8 Å². The highest BCUT2D eigenvalue weighted by atomic mass is 28.5. The van der Waals surface area contributed by atoms with Crippen molar-refractivity contribution in [3.8, 4) is 0 Å². The van der Waals surface area contributed by atoms with E-state index < -0.39 is 27.4 Å². The fraction of sp³-hybridized carbons (Fsp3) is 1.00. The van der Waals surface area contributed by atoms with E-state index in [1.54, 1.807) is 0 Å². The van der Waals surface area contributed by atoms with Crippen LogP contribution in [0.15, 0.2) is 0 Å². The standard InChI is InChI=1S/C25H58O8Si3/c1-14-20(7)26-35(27-21(8)15-2,28-22(9)16-3)32-34(13)33-36(29-23(10)17-4,30-24(11)18-5)31-25(12)19-6/h20-25,34H,14-19H2,1-13H3. The molecule has 0 aliphatic carbocycles. The number of hydrogen-bond acceptors (Lipinski definition) is 8. The average Bonchev–Trinajstić information content (AvgIpc) is 2.82. The van der Waals surface area contributed by atoms with Gasteiger partial charge in [-0.3, -0.25) is 0 Å². The molecule has 0 fully saturated rings. The zero-order valence-corrected chi connectivity index (χ0v) is 28.7. The molecule has 6 unspecified atom stereocenters. The van der Waals surface area contributed by atoms with E-state index in [1.165, 1.54) is 0 Å². The van der Waals surface area contributed by atoms with E-state index in [2.05, 4.69) is 41.5 Å². The van der Waals surface area contributed by atoms with Crippen LogP contribution in [0.4, 0.5) is 0 Å². The van der Waals surface area contributed by atoms with Gasteiger partial charge >= 0.3 is 27.4 Å². The summed E-state index contributed by atoms with van der Waals surface area (Å²) in [6, 6.07) is 0. The van der Waals surface area contributed by atoms with E-state index in [0.717, 1.165) is 38.5 Å². The van der Waals surface area contributed by atoms with E-state index in [4.69, 9.17) is 34.8 Å². The lowest BCUT2D eigenvalue weighted by Crippen LogP contribution is -2.61. The molecule has 6 atom stereocenters. The van der Waals surface area contributed by atoms with E-state index in [9.17, 15) is 0 Å². The summed E-state index contributed by atoms with van der Waals surface area (Å²) < 4.78 is 51.9. The van der Waals surface area contributed by atoms with Gasteiger partial charge in [0.2, 0.25) is 0 Å². The minimum atomic E-state index is -3.56. The van der Waals surface area contributed by atoms with Crippen molar-refractivity contribution in [1.82, 2.24) is 0 Å². The largest absolute Gasteiger partial charge is 0.671 e. The van der Waals surface area contributed by atoms with Gasteiger partial charge in [-0.25, -0.2) is 0 Å². The van der Waals surface area contributed by atoms with E-state index in [0.29, 0.717) is 0 Å². The van der Waals surface area contributed by atoms with Crippen LogP contribution >= 0.6 is 0 Å². The van der Waals surface area contributed by atoms with Gasteiger partial charge in [-0.1, -0.05) is 41.5 Å². The lowest BCUT2D eigenvalue weighted by Gasteiger charge is -2.39. The molecule has 0 aliphatic rings. The predicted octanol–water partition coefficient (Wildman–Crippen LogP) is 6.63. The summed E-state index contributed by atoms with van der Waals surface area (Å²) in [6.07, 6.45) is 4.36. The maximum Gasteiger partial charge on any atom is 0.671 e. The van der Waals surface area contributed by atoms with Crippen molar-refractivity contribution in [2.45, 2.75) is 165 Å². The molecule has 0 bridgehead atoms. The molecule has 0 N–H and O–H groups in total. The van der Waals surface area contributed by atoms with Crippen LogP contribution in [0.3, 0.4) is 0 Å². The Kier molecular flexibility index (Phi) is 18.8. The van der Waals surface area contributed by atoms with Gasteiger partial charge < -0.3 is 34.8 Å². The second-order valence-corrected chi connectivity index (χ2v) is 16.3. The Morgan fingerprint density at radius 3 is 0.722 bits per heavy atom. The molecule has 0 heterocycles. The van der Waals surface area contributed by atoms with E-state index in [1.807, 2.05) is 48.1 Å². The smallest absolute Gasteiger partial charge is 0.373 e. The lowest BCUT2D eigenvalue weighted by molar-refractivity contribution is -0.0752. The zero-order valence-electron chi connectivity index (χ0n) is 25.6. The fourth-order valence-electron chi connectivity index (χ4n) is 2.74. The molecule has 0 aromatic rings. The molecular weight excluding hydrogens is 513 g/mol. The minimum absolute atomic E-state index is 0.0860. The maximum atomic E-state index is 6.64. The molecule has 0 aromatic carbocycles. The normalized spacial score (nSPS) is 21.6. The Morgan fingerprint density at radius 2 is 0.583 bits per heavy atom. The number of hydrogen-bond donors (Lipinski definition) is 0. The van der Waals surface area contributed by atoms with Crippen LogP contribution in [0, 0.1) is 0 Å². The lowest BCUT2D eigenvalue weighted by atomic mass is 10.3. The third kappa shape index (κ3) is 13.9. The van der Waals surface area contributed by atoms with Crippen molar-refractivity contribution in [3.63, 3.8) is 0 Å². The Balaban J connectivity index is 6.28. The molecule has 0 spiro atoms. The molecule has 8 nitrogen and oxygen atoms in total. The molecule has 0 saturated carbocycles. The SMILES string of the molecule is CCC(C)O[Si](OC(C)CC)(OC(C)CC)O[SiH](C)O[Si](OC(C)CC)(OC(C)CC)OC(C)CC. The summed E-state index contributed by atoms with van der Waals surface area (Å²) in [6.45, 7) is 26.5. The number of rotatable bonds is 22. The third-order valence-corrected chi connectivity index (χ3v) is 15.3. The van der Waals surface area contributed by atoms with Gasteiger partial charge in [-0.2, -0.15) is 0 Å². The monoisotopic (exact) mass is 570 g/mol. The first-order valence-electron chi connectivity index (χ1n) is 14.3. The fourth-order valence-corrected chi connectivity index (χ4v) is 12.2. The molecule has 0 amide bonds. The van der Waals surface area contributed by atoms with Crippen LogP contribution in [-0.4, -0.2) is 64.0 Å². The summed E-state index contributed by atoms with van der Waals surface area (Å²) in [5.41, 5.74) is 0. The molecule has 0 radical (unpaired) electrons. The molecule has 11 heteroatoms. The minimum Gasteiger partial charge on any atom is -0.373 e. The van der Waals surface area contributed by atoms with Crippen LogP contribution < -0.4 is 0 Å². The van der Waals surface area contributed by atoms with E-state index >= 15 is 0 Å². The van der Waals surface area contributed by atoms with Crippen molar-refractivity contribution in [2.24, 2.45) is 0 Å². The molecular formula is C25H58O8Si3. The van der Waals surface area contributed by atoms with Crippen LogP contribution in [0.2, 0.25) is 6.55 Å². The van der Waals surface area contributed by atoms with Crippen LogP contribution in [-0.2, 0) is 34.8 Å². The molecule has 0 rings (SSSR count). The van der Waals surface area contributed by atoms with Gasteiger partial charge in [-0.15, -0.1) is 0 Å². The first-order valence-corrected chi connectivity index (χ1v) is 19.6. The first kappa shape index (κ1) is 36.3. The highest BCUT2D eigenvalue weighted by molar-refractivity contribution is 6.70. The Bertz CT molecular complexity index is 451. The molecule has 36 heavy (non-hydrogen) atoms. The predicted molar refractivity (Wildman–Crippen MR) is 152 cm³/mol. The van der Waals surface area contributed by atoms with Gasteiger partial charge in [0.05, 0.1) is 0 Å². The quantitative estimate of drug-likeness (QED) is 0.134. The van der Waals surface area contributed by atoms with Crippen LogP contribution in [0.1, 0.15) is 122 Å². The van der Waals surface area contributed by atoms with Crippen molar-refractivity contribution in [2.75, 3.05) is 0 Å². The molecule has 218 valence electrons. The van der Waals surface area contributed by atoms with Crippen molar-refractivity contribution >= 4 is 27.4 Å². The maximum absolute atomic E-state index is 6.64. The Morgan fingerprint density at radius 1 is 0.417 bits per heavy atom. The Labute approximate surface area is 226 Å². The van der Waals surface area contributed by atoms with Crippen molar-refractivity contribution < 1.29 is 34.8 Å². The molecule has 0 aromatic heterocycles. The average molecular weight is 571 g/mol. The summed E-state index contributed by atoms with van der Waals surface area (Å²) >= 11 is 0. The van der Waals surface area contributed by atoms with Crippen LogP contribution in [0.5, 0.6) is 0 Å². The summed E-state index contributed by atoms with van der Waals surface area (Å²) in [7, 11) is -9.62.